The van der Waals surface area contributed by atoms with Crippen LogP contribution in [0.5, 0.6) is 11.5 Å². The molecule has 0 unspecified atom stereocenters. The van der Waals surface area contributed by atoms with Crippen LogP contribution in [0.15, 0.2) is 42.0 Å². The van der Waals surface area contributed by atoms with Gasteiger partial charge in [-0.3, -0.25) is 9.69 Å². The zero-order valence-corrected chi connectivity index (χ0v) is 17.6. The lowest BCUT2D eigenvalue weighted by Gasteiger charge is -2.35. The van der Waals surface area contributed by atoms with Gasteiger partial charge in [0.1, 0.15) is 0 Å². The third-order valence-electron chi connectivity index (χ3n) is 5.91. The minimum Gasteiger partial charge on any atom is -0.493 e. The van der Waals surface area contributed by atoms with Gasteiger partial charge in [-0.05, 0) is 41.5 Å². The first-order valence-electron chi connectivity index (χ1n) is 10.3. The van der Waals surface area contributed by atoms with Crippen molar-refractivity contribution in [3.05, 3.63) is 58.7 Å². The van der Waals surface area contributed by atoms with E-state index in [1.807, 2.05) is 12.1 Å². The number of methoxy groups -OCH3 is 2. The van der Waals surface area contributed by atoms with Crippen LogP contribution in [0.2, 0.25) is 0 Å². The van der Waals surface area contributed by atoms with Gasteiger partial charge in [0.15, 0.2) is 17.3 Å². The van der Waals surface area contributed by atoms with Gasteiger partial charge in [0, 0.05) is 56.0 Å². The highest BCUT2D eigenvalue weighted by Crippen LogP contribution is 2.37. The lowest BCUT2D eigenvalue weighted by Crippen LogP contribution is -2.47. The monoisotopic (exact) mass is 408 g/mol. The molecular formula is C24H28N2O4. The fourth-order valence-electron chi connectivity index (χ4n) is 4.21. The molecular weight excluding hydrogens is 380 g/mol. The number of nitrogens with zero attached hydrogens (tertiary/aromatic N) is 2. The van der Waals surface area contributed by atoms with Crippen LogP contribution in [0.4, 0.5) is 5.69 Å². The zero-order valence-electron chi connectivity index (χ0n) is 17.6. The molecule has 0 radical (unpaired) electrons. The van der Waals surface area contributed by atoms with Crippen molar-refractivity contribution in [3.8, 4) is 11.5 Å². The van der Waals surface area contributed by atoms with Crippen LogP contribution in [-0.2, 0) is 6.42 Å². The molecule has 6 nitrogen and oxygen atoms in total. The number of piperazine rings is 1. The average Bonchev–Trinajstić information content (AvgIpc) is 3.08. The Morgan fingerprint density at radius 2 is 1.67 bits per heavy atom. The molecule has 30 heavy (non-hydrogen) atoms. The summed E-state index contributed by atoms with van der Waals surface area (Å²) in [6.07, 6.45) is 2.58. The molecule has 0 aromatic heterocycles. The molecule has 6 heteroatoms. The number of fused-ring (bicyclic) bond motifs is 1. The molecule has 1 saturated heterocycles. The topological polar surface area (TPSA) is 62.2 Å². The molecule has 158 valence electrons. The predicted molar refractivity (Wildman–Crippen MR) is 118 cm³/mol. The quantitative estimate of drug-likeness (QED) is 0.742. The van der Waals surface area contributed by atoms with E-state index in [0.717, 1.165) is 49.4 Å². The van der Waals surface area contributed by atoms with Gasteiger partial charge in [-0.2, -0.15) is 0 Å². The number of aliphatic hydroxyl groups excluding tert-OH is 1. The Morgan fingerprint density at radius 1 is 1.00 bits per heavy atom. The van der Waals surface area contributed by atoms with Crippen molar-refractivity contribution in [1.82, 2.24) is 4.90 Å². The Kier molecular flexibility index (Phi) is 6.06. The molecule has 0 spiro atoms. The van der Waals surface area contributed by atoms with Crippen molar-refractivity contribution in [1.29, 1.82) is 0 Å². The Labute approximate surface area is 177 Å². The molecule has 4 rings (SSSR count). The number of carbonyl (C=O) groups excluding carboxylic acids is 1. The van der Waals surface area contributed by atoms with Gasteiger partial charge in [0.25, 0.3) is 0 Å². The average molecular weight is 408 g/mol. The number of ketones is 1. The Hall–Kier alpha value is -2.83. The van der Waals surface area contributed by atoms with Crippen LogP contribution in [0.3, 0.4) is 0 Å². The summed E-state index contributed by atoms with van der Waals surface area (Å²) in [6, 6.07) is 12.0. The molecule has 0 saturated carbocycles. The molecule has 2 aromatic rings. The highest BCUT2D eigenvalue weighted by atomic mass is 16.5. The van der Waals surface area contributed by atoms with E-state index in [9.17, 15) is 4.79 Å². The number of carbonyl (C=O) groups is 1. The number of allylic oxidation sites excluding steroid dienone is 1. The first-order valence-corrected chi connectivity index (χ1v) is 10.3. The number of hydrogen-bond acceptors (Lipinski definition) is 6. The number of hydrogen-bond donors (Lipinski definition) is 1. The zero-order chi connectivity index (χ0) is 21.1. The first kappa shape index (κ1) is 20.4. The molecule has 0 atom stereocenters. The number of aliphatic hydroxyl groups is 1. The van der Waals surface area contributed by atoms with Crippen molar-refractivity contribution < 1.29 is 19.4 Å². The van der Waals surface area contributed by atoms with Gasteiger partial charge in [-0.1, -0.05) is 12.1 Å². The van der Waals surface area contributed by atoms with Crippen LogP contribution in [0.1, 0.15) is 21.5 Å². The minimum absolute atomic E-state index is 0.0510. The largest absolute Gasteiger partial charge is 0.493 e. The van der Waals surface area contributed by atoms with Gasteiger partial charge in [-0.15, -0.1) is 0 Å². The lowest BCUT2D eigenvalue weighted by molar-refractivity contribution is 0.104. The van der Waals surface area contributed by atoms with Crippen molar-refractivity contribution in [2.75, 3.05) is 58.5 Å². The summed E-state index contributed by atoms with van der Waals surface area (Å²) in [4.78, 5) is 17.5. The van der Waals surface area contributed by atoms with E-state index >= 15 is 0 Å². The van der Waals surface area contributed by atoms with Gasteiger partial charge < -0.3 is 19.5 Å². The highest BCUT2D eigenvalue weighted by molar-refractivity contribution is 6.15. The second-order valence-corrected chi connectivity index (χ2v) is 7.68. The van der Waals surface area contributed by atoms with Crippen molar-refractivity contribution in [2.24, 2.45) is 0 Å². The number of Topliss-reactive ketones (excluding diaryl/α,β-unsaturated/α-hetero) is 1. The summed E-state index contributed by atoms with van der Waals surface area (Å²) in [5.74, 6) is 1.28. The molecule has 0 amide bonds. The van der Waals surface area contributed by atoms with Gasteiger partial charge in [0.2, 0.25) is 0 Å². The maximum Gasteiger partial charge on any atom is 0.189 e. The number of ether oxygens (including phenoxy) is 2. The summed E-state index contributed by atoms with van der Waals surface area (Å²) in [5, 5.41) is 9.08. The molecule has 1 aliphatic carbocycles. The third kappa shape index (κ3) is 4.06. The summed E-state index contributed by atoms with van der Waals surface area (Å²) < 4.78 is 10.7. The molecule has 2 aromatic carbocycles. The molecule has 2 aliphatic rings. The Morgan fingerprint density at radius 3 is 2.30 bits per heavy atom. The van der Waals surface area contributed by atoms with Crippen molar-refractivity contribution in [2.45, 2.75) is 6.42 Å². The maximum atomic E-state index is 12.9. The van der Waals surface area contributed by atoms with E-state index in [4.69, 9.17) is 14.6 Å². The lowest BCUT2D eigenvalue weighted by atomic mass is 10.1. The summed E-state index contributed by atoms with van der Waals surface area (Å²) in [7, 11) is 3.18. The van der Waals surface area contributed by atoms with Gasteiger partial charge in [-0.25, -0.2) is 0 Å². The predicted octanol–water partition coefficient (Wildman–Crippen LogP) is 2.64. The van der Waals surface area contributed by atoms with Crippen LogP contribution < -0.4 is 14.4 Å². The normalized spacial score (nSPS) is 18.0. The fraction of sp³-hybridized carbons (Fsp3) is 0.375. The Balaban J connectivity index is 1.47. The minimum atomic E-state index is 0.0510. The van der Waals surface area contributed by atoms with Crippen molar-refractivity contribution in [3.63, 3.8) is 0 Å². The standard InChI is InChI=1S/C24H28N2O4/c1-29-22-15-18-14-19(24(28)21(18)16-23(22)30-2)13-17-3-5-20(6-4-17)26-9-7-25(8-10-26)11-12-27/h3-6,13,15-16,27H,7-12,14H2,1-2H3/b19-13-. The van der Waals surface area contributed by atoms with Crippen LogP contribution in [0.25, 0.3) is 6.08 Å². The summed E-state index contributed by atoms with van der Waals surface area (Å²) >= 11 is 0. The SMILES string of the molecule is COc1cc2c(cc1OC)C(=O)/C(=C\c1ccc(N3CCN(CCO)CC3)cc1)C2. The van der Waals surface area contributed by atoms with Gasteiger partial charge in [0.05, 0.1) is 20.8 Å². The van der Waals surface area contributed by atoms with E-state index in [1.54, 1.807) is 20.3 Å². The number of benzene rings is 2. The number of rotatable bonds is 6. The number of β-amino-alcohol motifs (C(OH)–C–C–N with tert-alkyl or cyclic N) is 1. The van der Waals surface area contributed by atoms with E-state index in [0.29, 0.717) is 23.5 Å². The second kappa shape index (κ2) is 8.90. The van der Waals surface area contributed by atoms with Crippen LogP contribution in [-0.4, -0.2) is 69.3 Å². The smallest absolute Gasteiger partial charge is 0.189 e. The number of anilines is 1. The molecule has 1 heterocycles. The highest BCUT2D eigenvalue weighted by Gasteiger charge is 2.27. The van der Waals surface area contributed by atoms with E-state index in [-0.39, 0.29) is 12.4 Å². The molecule has 1 fully saturated rings. The van der Waals surface area contributed by atoms with E-state index in [2.05, 4.69) is 34.1 Å². The second-order valence-electron chi connectivity index (χ2n) is 7.68. The summed E-state index contributed by atoms with van der Waals surface area (Å²) in [6.45, 7) is 4.80. The Bertz CT molecular complexity index is 944. The van der Waals surface area contributed by atoms with Gasteiger partial charge >= 0.3 is 0 Å². The molecule has 0 bridgehead atoms. The third-order valence-corrected chi connectivity index (χ3v) is 5.91. The van der Waals surface area contributed by atoms with E-state index in [1.165, 1.54) is 5.69 Å². The van der Waals surface area contributed by atoms with Crippen LogP contribution >= 0.6 is 0 Å². The van der Waals surface area contributed by atoms with Crippen molar-refractivity contribution >= 4 is 17.5 Å². The summed E-state index contributed by atoms with van der Waals surface area (Å²) in [5.41, 5.74) is 4.66. The molecule has 1 aliphatic heterocycles. The fourth-order valence-corrected chi connectivity index (χ4v) is 4.21. The molecule has 1 N–H and O–H groups in total. The van der Waals surface area contributed by atoms with E-state index < -0.39 is 0 Å². The van der Waals surface area contributed by atoms with Crippen LogP contribution in [0, 0.1) is 0 Å². The maximum absolute atomic E-state index is 12.9. The first-order chi connectivity index (χ1) is 14.6.